The van der Waals surface area contributed by atoms with Gasteiger partial charge in [0.15, 0.2) is 0 Å². The molecule has 1 aromatic carbocycles. The van der Waals surface area contributed by atoms with Crippen molar-refractivity contribution in [2.24, 2.45) is 0 Å². The van der Waals surface area contributed by atoms with Crippen LogP contribution in [0.3, 0.4) is 0 Å². The Morgan fingerprint density at radius 2 is 2.26 bits per heavy atom. The summed E-state index contributed by atoms with van der Waals surface area (Å²) in [6.07, 6.45) is 0.114. The summed E-state index contributed by atoms with van der Waals surface area (Å²) in [6, 6.07) is 7.91. The molecule has 2 unspecified atom stereocenters. The topological polar surface area (TPSA) is 52.6 Å². The zero-order valence-corrected chi connectivity index (χ0v) is 12.1. The average Bonchev–Trinajstić information content (AvgIpc) is 2.75. The van der Waals surface area contributed by atoms with E-state index in [4.69, 9.17) is 0 Å². The molecule has 4 nitrogen and oxygen atoms in total. The molecule has 1 heterocycles. The second-order valence-corrected chi connectivity index (χ2v) is 5.03. The standard InChI is InChI=1S/C14H20N2O2.ClH/c1-10-4-3-5-11(6-10)9-16(2)14(18)13-7-12(17)8-15-13;/h3-6,12-13,15,17H,7-9H2,1-2H3;1H. The molecule has 0 radical (unpaired) electrons. The van der Waals surface area contributed by atoms with Gasteiger partial charge in [-0.15, -0.1) is 12.4 Å². The third-order valence-electron chi connectivity index (χ3n) is 3.28. The van der Waals surface area contributed by atoms with Crippen molar-refractivity contribution < 1.29 is 9.90 Å². The van der Waals surface area contributed by atoms with Crippen LogP contribution in [0, 0.1) is 6.92 Å². The van der Waals surface area contributed by atoms with Crippen LogP contribution in [0.2, 0.25) is 0 Å². The lowest BCUT2D eigenvalue weighted by Crippen LogP contribution is -2.41. The largest absolute Gasteiger partial charge is 0.392 e. The molecule has 106 valence electrons. The molecule has 0 aliphatic carbocycles. The Kier molecular flexibility index (Phi) is 5.79. The summed E-state index contributed by atoms with van der Waals surface area (Å²) in [7, 11) is 1.80. The summed E-state index contributed by atoms with van der Waals surface area (Å²) in [5.41, 5.74) is 2.33. The van der Waals surface area contributed by atoms with Gasteiger partial charge >= 0.3 is 0 Å². The van der Waals surface area contributed by atoms with Crippen molar-refractivity contribution in [2.45, 2.75) is 32.0 Å². The lowest BCUT2D eigenvalue weighted by molar-refractivity contribution is -0.132. The number of β-amino-alcohol motifs (C(OH)–C–C–N with tert-alkyl or cyclic N) is 1. The minimum atomic E-state index is -0.397. The molecule has 19 heavy (non-hydrogen) atoms. The predicted molar refractivity (Wildman–Crippen MR) is 77.3 cm³/mol. The zero-order valence-electron chi connectivity index (χ0n) is 11.3. The monoisotopic (exact) mass is 284 g/mol. The van der Waals surface area contributed by atoms with Gasteiger partial charge in [-0.2, -0.15) is 0 Å². The van der Waals surface area contributed by atoms with E-state index in [1.807, 2.05) is 25.1 Å². The molecule has 0 saturated carbocycles. The first kappa shape index (κ1) is 16.0. The van der Waals surface area contributed by atoms with Gasteiger partial charge in [-0.3, -0.25) is 4.79 Å². The second-order valence-electron chi connectivity index (χ2n) is 5.03. The molecule has 1 saturated heterocycles. The van der Waals surface area contributed by atoms with E-state index in [0.29, 0.717) is 19.5 Å². The van der Waals surface area contributed by atoms with E-state index in [9.17, 15) is 9.90 Å². The normalized spacial score (nSPS) is 21.8. The lowest BCUT2D eigenvalue weighted by Gasteiger charge is -2.21. The summed E-state index contributed by atoms with van der Waals surface area (Å²) in [4.78, 5) is 13.8. The molecule has 5 heteroatoms. The number of aliphatic hydroxyl groups is 1. The second kappa shape index (κ2) is 6.89. The van der Waals surface area contributed by atoms with E-state index in [0.717, 1.165) is 5.56 Å². The van der Waals surface area contributed by atoms with Gasteiger partial charge in [-0.05, 0) is 18.9 Å². The summed E-state index contributed by atoms with van der Waals surface area (Å²) in [6.45, 7) is 3.16. The molecule has 2 rings (SSSR count). The minimum Gasteiger partial charge on any atom is -0.392 e. The Balaban J connectivity index is 0.00000180. The molecular weight excluding hydrogens is 264 g/mol. The average molecular weight is 285 g/mol. The highest BCUT2D eigenvalue weighted by Crippen LogP contribution is 2.12. The van der Waals surface area contributed by atoms with Gasteiger partial charge in [-0.1, -0.05) is 29.8 Å². The number of rotatable bonds is 3. The number of halogens is 1. The molecular formula is C14H21ClN2O2. The van der Waals surface area contributed by atoms with Crippen LogP contribution in [0.4, 0.5) is 0 Å². The van der Waals surface area contributed by atoms with Gasteiger partial charge in [0.2, 0.25) is 5.91 Å². The van der Waals surface area contributed by atoms with Gasteiger partial charge in [-0.25, -0.2) is 0 Å². The van der Waals surface area contributed by atoms with Crippen LogP contribution in [-0.4, -0.2) is 41.7 Å². The highest BCUT2D eigenvalue weighted by atomic mass is 35.5. The van der Waals surface area contributed by atoms with Gasteiger partial charge < -0.3 is 15.3 Å². The van der Waals surface area contributed by atoms with Crippen LogP contribution in [-0.2, 0) is 11.3 Å². The number of aryl methyl sites for hydroxylation is 1. The summed E-state index contributed by atoms with van der Waals surface area (Å²) in [5.74, 6) is 0.0491. The van der Waals surface area contributed by atoms with Crippen molar-refractivity contribution in [2.75, 3.05) is 13.6 Å². The Labute approximate surface area is 120 Å². The number of nitrogens with one attached hydrogen (secondary N) is 1. The van der Waals surface area contributed by atoms with Crippen LogP contribution < -0.4 is 5.32 Å². The molecule has 2 N–H and O–H groups in total. The molecule has 1 aliphatic heterocycles. The quantitative estimate of drug-likeness (QED) is 0.874. The van der Waals surface area contributed by atoms with Crippen LogP contribution in [0.1, 0.15) is 17.5 Å². The fourth-order valence-corrected chi connectivity index (χ4v) is 2.33. The molecule has 1 amide bonds. The van der Waals surface area contributed by atoms with Crippen molar-refractivity contribution in [3.05, 3.63) is 35.4 Å². The fourth-order valence-electron chi connectivity index (χ4n) is 2.33. The van der Waals surface area contributed by atoms with Crippen molar-refractivity contribution in [3.8, 4) is 0 Å². The number of carbonyl (C=O) groups excluding carboxylic acids is 1. The Bertz CT molecular complexity index is 439. The van der Waals surface area contributed by atoms with Gasteiger partial charge in [0.25, 0.3) is 0 Å². The number of nitrogens with zero attached hydrogens (tertiary/aromatic N) is 1. The van der Waals surface area contributed by atoms with Gasteiger partial charge in [0, 0.05) is 20.1 Å². The number of carbonyl (C=O) groups is 1. The molecule has 1 aliphatic rings. The van der Waals surface area contributed by atoms with E-state index in [1.54, 1.807) is 11.9 Å². The van der Waals surface area contributed by atoms with E-state index >= 15 is 0 Å². The van der Waals surface area contributed by atoms with Crippen molar-refractivity contribution in [1.29, 1.82) is 0 Å². The lowest BCUT2D eigenvalue weighted by atomic mass is 10.1. The molecule has 1 aromatic rings. The number of likely N-dealkylation sites (N-methyl/N-ethyl adjacent to an activating group) is 1. The zero-order chi connectivity index (χ0) is 13.1. The summed E-state index contributed by atoms with van der Waals surface area (Å²) < 4.78 is 0. The Hall–Kier alpha value is -1.10. The number of amides is 1. The number of benzene rings is 1. The van der Waals surface area contributed by atoms with Gasteiger partial charge in [0.05, 0.1) is 12.1 Å². The summed E-state index contributed by atoms with van der Waals surface area (Å²) in [5, 5.41) is 12.5. The number of hydrogen-bond donors (Lipinski definition) is 2. The van der Waals surface area contributed by atoms with E-state index in [1.165, 1.54) is 5.56 Å². The molecule has 2 atom stereocenters. The number of hydrogen-bond acceptors (Lipinski definition) is 3. The Morgan fingerprint density at radius 3 is 2.84 bits per heavy atom. The first-order valence-electron chi connectivity index (χ1n) is 6.28. The SMILES string of the molecule is Cc1cccc(CN(C)C(=O)C2CC(O)CN2)c1.Cl. The third kappa shape index (κ3) is 4.20. The van der Waals surface area contributed by atoms with Crippen LogP contribution in [0.5, 0.6) is 0 Å². The first-order valence-corrected chi connectivity index (χ1v) is 6.28. The van der Waals surface area contributed by atoms with Crippen LogP contribution in [0.25, 0.3) is 0 Å². The van der Waals surface area contributed by atoms with Gasteiger partial charge in [0.1, 0.15) is 0 Å². The maximum Gasteiger partial charge on any atom is 0.239 e. The maximum atomic E-state index is 12.1. The molecule has 0 aromatic heterocycles. The van der Waals surface area contributed by atoms with Crippen LogP contribution >= 0.6 is 12.4 Å². The predicted octanol–water partition coefficient (Wildman–Crippen LogP) is 1.10. The smallest absolute Gasteiger partial charge is 0.239 e. The highest BCUT2D eigenvalue weighted by Gasteiger charge is 2.29. The van der Waals surface area contributed by atoms with E-state index in [-0.39, 0.29) is 24.4 Å². The van der Waals surface area contributed by atoms with Crippen molar-refractivity contribution in [1.82, 2.24) is 10.2 Å². The highest BCUT2D eigenvalue weighted by molar-refractivity contribution is 5.85. The molecule has 1 fully saturated rings. The number of aliphatic hydroxyl groups excluding tert-OH is 1. The first-order chi connectivity index (χ1) is 8.56. The fraction of sp³-hybridized carbons (Fsp3) is 0.500. The van der Waals surface area contributed by atoms with E-state index in [2.05, 4.69) is 11.4 Å². The van der Waals surface area contributed by atoms with Crippen molar-refractivity contribution >= 4 is 18.3 Å². The summed E-state index contributed by atoms with van der Waals surface area (Å²) >= 11 is 0. The molecule has 0 bridgehead atoms. The van der Waals surface area contributed by atoms with Crippen LogP contribution in [0.15, 0.2) is 24.3 Å². The van der Waals surface area contributed by atoms with Crippen molar-refractivity contribution in [3.63, 3.8) is 0 Å². The molecule has 0 spiro atoms. The minimum absolute atomic E-state index is 0. The van der Waals surface area contributed by atoms with E-state index < -0.39 is 6.10 Å². The Morgan fingerprint density at radius 1 is 1.53 bits per heavy atom. The third-order valence-corrected chi connectivity index (χ3v) is 3.28. The maximum absolute atomic E-state index is 12.1.